The standard InChI is InChI=1S/C17H21ClN4O/c1-17(2)15(14-7-8-23-16(14)17)19-9-12-10-20-22(21-12)13-5-3-11(18)4-6-13/h3-6,10,14-16,19H,7-9H2,1-2H3. The number of nitrogens with zero attached hydrogens (tertiary/aromatic N) is 3. The molecule has 5 nitrogen and oxygen atoms in total. The van der Waals surface area contributed by atoms with Crippen molar-refractivity contribution in [2.45, 2.75) is 39.0 Å². The lowest BCUT2D eigenvalue weighted by atomic mass is 9.57. The van der Waals surface area contributed by atoms with Crippen LogP contribution in [0.4, 0.5) is 0 Å². The Morgan fingerprint density at radius 3 is 2.91 bits per heavy atom. The minimum Gasteiger partial charge on any atom is -0.377 e. The number of aromatic nitrogens is 3. The van der Waals surface area contributed by atoms with E-state index in [2.05, 4.69) is 29.4 Å². The van der Waals surface area contributed by atoms with Crippen molar-refractivity contribution < 1.29 is 4.74 Å². The third-order valence-corrected chi connectivity index (χ3v) is 5.45. The Bertz CT molecular complexity index is 697. The molecule has 23 heavy (non-hydrogen) atoms. The van der Waals surface area contributed by atoms with Crippen LogP contribution in [0.5, 0.6) is 0 Å². The van der Waals surface area contributed by atoms with Gasteiger partial charge in [0.2, 0.25) is 0 Å². The molecule has 0 radical (unpaired) electrons. The van der Waals surface area contributed by atoms with Crippen LogP contribution in [0.3, 0.4) is 0 Å². The maximum Gasteiger partial charge on any atom is 0.0969 e. The second-order valence-corrected chi connectivity index (χ2v) is 7.46. The lowest BCUT2D eigenvalue weighted by Crippen LogP contribution is -2.65. The first kappa shape index (κ1) is 15.1. The van der Waals surface area contributed by atoms with Gasteiger partial charge < -0.3 is 10.1 Å². The van der Waals surface area contributed by atoms with Crippen LogP contribution in [-0.2, 0) is 11.3 Å². The van der Waals surface area contributed by atoms with Crippen LogP contribution in [0.1, 0.15) is 26.0 Å². The van der Waals surface area contributed by atoms with E-state index in [0.29, 0.717) is 23.1 Å². The van der Waals surface area contributed by atoms with Crippen molar-refractivity contribution in [3.05, 3.63) is 41.2 Å². The summed E-state index contributed by atoms with van der Waals surface area (Å²) in [6.45, 7) is 6.18. The van der Waals surface area contributed by atoms with Gasteiger partial charge in [-0.2, -0.15) is 15.0 Å². The molecule has 3 unspecified atom stereocenters. The van der Waals surface area contributed by atoms with E-state index in [1.807, 2.05) is 30.5 Å². The normalized spacial score (nSPS) is 28.4. The van der Waals surface area contributed by atoms with Crippen LogP contribution < -0.4 is 5.32 Å². The SMILES string of the molecule is CC1(C)C(NCc2cnn(-c3ccc(Cl)cc3)n2)C2CCOC21. The fourth-order valence-electron chi connectivity index (χ4n) is 4.03. The van der Waals surface area contributed by atoms with Crippen LogP contribution in [0.25, 0.3) is 5.69 Å². The van der Waals surface area contributed by atoms with Crippen LogP contribution in [0.2, 0.25) is 5.02 Å². The van der Waals surface area contributed by atoms with Crippen molar-refractivity contribution in [1.29, 1.82) is 0 Å². The molecule has 6 heteroatoms. The summed E-state index contributed by atoms with van der Waals surface area (Å²) in [6, 6.07) is 7.99. The Kier molecular flexibility index (Phi) is 3.67. The molecule has 2 fully saturated rings. The van der Waals surface area contributed by atoms with Crippen LogP contribution >= 0.6 is 11.6 Å². The van der Waals surface area contributed by atoms with Gasteiger partial charge in [-0.25, -0.2) is 0 Å². The van der Waals surface area contributed by atoms with Crippen LogP contribution in [0.15, 0.2) is 30.5 Å². The molecule has 1 aromatic heterocycles. The summed E-state index contributed by atoms with van der Waals surface area (Å²) in [7, 11) is 0. The average Bonchev–Trinajstić information content (AvgIpc) is 3.16. The second-order valence-electron chi connectivity index (χ2n) is 7.03. The van der Waals surface area contributed by atoms with Crippen LogP contribution in [-0.4, -0.2) is 33.7 Å². The highest BCUT2D eigenvalue weighted by Gasteiger charge is 2.58. The molecule has 1 N–H and O–H groups in total. The number of benzene rings is 1. The van der Waals surface area contributed by atoms with Crippen molar-refractivity contribution in [3.8, 4) is 5.69 Å². The number of hydrogen-bond acceptors (Lipinski definition) is 4. The Labute approximate surface area is 141 Å². The Hall–Kier alpha value is -1.43. The Morgan fingerprint density at radius 1 is 1.35 bits per heavy atom. The van der Waals surface area contributed by atoms with Gasteiger partial charge in [0.25, 0.3) is 0 Å². The highest BCUT2D eigenvalue weighted by molar-refractivity contribution is 6.30. The van der Waals surface area contributed by atoms with Crippen molar-refractivity contribution in [2.24, 2.45) is 11.3 Å². The molecule has 1 saturated heterocycles. The molecule has 2 aromatic rings. The summed E-state index contributed by atoms with van der Waals surface area (Å²) in [4.78, 5) is 1.64. The molecule has 2 aliphatic rings. The number of hydrogen-bond donors (Lipinski definition) is 1. The van der Waals surface area contributed by atoms with E-state index in [4.69, 9.17) is 16.3 Å². The van der Waals surface area contributed by atoms with Gasteiger partial charge in [0.05, 0.1) is 23.7 Å². The summed E-state index contributed by atoms with van der Waals surface area (Å²) in [5.74, 6) is 0.635. The van der Waals surface area contributed by atoms with E-state index >= 15 is 0 Å². The minimum absolute atomic E-state index is 0.188. The van der Waals surface area contributed by atoms with Gasteiger partial charge in [-0.3, -0.25) is 0 Å². The molecule has 0 bridgehead atoms. The lowest BCUT2D eigenvalue weighted by molar-refractivity contribution is -0.113. The maximum atomic E-state index is 5.91. The molecule has 1 aliphatic carbocycles. The Balaban J connectivity index is 1.41. The highest BCUT2D eigenvalue weighted by atomic mass is 35.5. The molecule has 1 aromatic carbocycles. The number of ether oxygens (including phenoxy) is 1. The van der Waals surface area contributed by atoms with Gasteiger partial charge in [-0.05, 0) is 30.7 Å². The van der Waals surface area contributed by atoms with E-state index < -0.39 is 0 Å². The molecule has 2 heterocycles. The van der Waals surface area contributed by atoms with Gasteiger partial charge in [0, 0.05) is 35.5 Å². The summed E-state index contributed by atoms with van der Waals surface area (Å²) >= 11 is 5.91. The molecule has 3 atom stereocenters. The molecule has 0 spiro atoms. The minimum atomic E-state index is 0.188. The van der Waals surface area contributed by atoms with Gasteiger partial charge in [-0.15, -0.1) is 0 Å². The number of halogens is 1. The summed E-state index contributed by atoms with van der Waals surface area (Å²) in [5, 5.41) is 13.2. The first-order chi connectivity index (χ1) is 11.1. The quantitative estimate of drug-likeness (QED) is 0.935. The zero-order chi connectivity index (χ0) is 16.0. The zero-order valence-corrected chi connectivity index (χ0v) is 14.1. The smallest absolute Gasteiger partial charge is 0.0969 e. The number of fused-ring (bicyclic) bond motifs is 1. The predicted molar refractivity (Wildman–Crippen MR) is 88.6 cm³/mol. The molecular weight excluding hydrogens is 312 g/mol. The van der Waals surface area contributed by atoms with Gasteiger partial charge in [0.15, 0.2) is 0 Å². The zero-order valence-electron chi connectivity index (χ0n) is 13.4. The van der Waals surface area contributed by atoms with E-state index in [0.717, 1.165) is 31.0 Å². The van der Waals surface area contributed by atoms with E-state index in [1.54, 1.807) is 4.80 Å². The summed E-state index contributed by atoms with van der Waals surface area (Å²) in [5.41, 5.74) is 2.04. The molecule has 1 saturated carbocycles. The summed E-state index contributed by atoms with van der Waals surface area (Å²) < 4.78 is 5.84. The highest BCUT2D eigenvalue weighted by Crippen LogP contribution is 2.52. The van der Waals surface area contributed by atoms with E-state index in [-0.39, 0.29) is 5.41 Å². The van der Waals surface area contributed by atoms with Crippen molar-refractivity contribution in [3.63, 3.8) is 0 Å². The number of nitrogens with one attached hydrogen (secondary N) is 1. The monoisotopic (exact) mass is 332 g/mol. The third-order valence-electron chi connectivity index (χ3n) is 5.20. The molecule has 4 rings (SSSR count). The maximum absolute atomic E-state index is 5.91. The van der Waals surface area contributed by atoms with E-state index in [9.17, 15) is 0 Å². The van der Waals surface area contributed by atoms with Gasteiger partial charge in [0.1, 0.15) is 0 Å². The molecular formula is C17H21ClN4O. The second kappa shape index (κ2) is 5.58. The first-order valence-corrected chi connectivity index (χ1v) is 8.45. The van der Waals surface area contributed by atoms with Gasteiger partial charge >= 0.3 is 0 Å². The largest absolute Gasteiger partial charge is 0.377 e. The third kappa shape index (κ3) is 2.57. The predicted octanol–water partition coefficient (Wildman–Crippen LogP) is 2.82. The molecule has 122 valence electrons. The van der Waals surface area contributed by atoms with Crippen LogP contribution in [0, 0.1) is 11.3 Å². The van der Waals surface area contributed by atoms with Crippen molar-refractivity contribution in [2.75, 3.05) is 6.61 Å². The Morgan fingerprint density at radius 2 is 2.13 bits per heavy atom. The fraction of sp³-hybridized carbons (Fsp3) is 0.529. The fourth-order valence-corrected chi connectivity index (χ4v) is 4.15. The van der Waals surface area contributed by atoms with Crippen molar-refractivity contribution in [1.82, 2.24) is 20.3 Å². The van der Waals surface area contributed by atoms with Crippen molar-refractivity contribution >= 4 is 11.6 Å². The lowest BCUT2D eigenvalue weighted by Gasteiger charge is -2.54. The average molecular weight is 333 g/mol. The molecule has 1 aliphatic heterocycles. The summed E-state index contributed by atoms with van der Waals surface area (Å²) in [6.07, 6.45) is 3.38. The number of rotatable bonds is 4. The molecule has 0 amide bonds. The van der Waals surface area contributed by atoms with E-state index in [1.165, 1.54) is 0 Å². The first-order valence-electron chi connectivity index (χ1n) is 8.08. The topological polar surface area (TPSA) is 52.0 Å². The van der Waals surface area contributed by atoms with Gasteiger partial charge in [-0.1, -0.05) is 25.4 Å².